The first-order valence-electron chi connectivity index (χ1n) is 3.27. The molecule has 0 aromatic rings. The normalized spacial score (nSPS) is 15.9. The molecule has 0 amide bonds. The maximum absolute atomic E-state index is 8.67. The van der Waals surface area contributed by atoms with Crippen molar-refractivity contribution in [2.45, 2.75) is 19.9 Å². The van der Waals surface area contributed by atoms with Crippen molar-refractivity contribution in [3.63, 3.8) is 0 Å². The Balaban J connectivity index is 3.83. The molecule has 0 aromatic carbocycles. The highest BCUT2D eigenvalue weighted by Crippen LogP contribution is 2.03. The van der Waals surface area contributed by atoms with Crippen LogP contribution in [-0.2, 0) is 0 Å². The van der Waals surface area contributed by atoms with Gasteiger partial charge in [0.25, 0.3) is 0 Å². The summed E-state index contributed by atoms with van der Waals surface area (Å²) in [4.78, 5) is 3.86. The van der Waals surface area contributed by atoms with Crippen LogP contribution in [-0.4, -0.2) is 23.7 Å². The van der Waals surface area contributed by atoms with E-state index in [0.717, 1.165) is 0 Å². The van der Waals surface area contributed by atoms with E-state index in [0.29, 0.717) is 0 Å². The summed E-state index contributed by atoms with van der Waals surface area (Å²) >= 11 is 0. The predicted molar refractivity (Wildman–Crippen MR) is 41.5 cm³/mol. The number of nitrogens with two attached hydrogens (primary N) is 2. The van der Waals surface area contributed by atoms with Crippen LogP contribution in [0.15, 0.2) is 4.99 Å². The SMILES string of the molecule is CC(CO)C(C)N=C(N)N. The fourth-order valence-electron chi connectivity index (χ4n) is 0.515. The fraction of sp³-hybridized carbons (Fsp3) is 0.833. The van der Waals surface area contributed by atoms with E-state index in [-0.39, 0.29) is 24.5 Å². The molecule has 10 heavy (non-hydrogen) atoms. The minimum Gasteiger partial charge on any atom is -0.396 e. The van der Waals surface area contributed by atoms with Crippen LogP contribution in [0, 0.1) is 5.92 Å². The number of aliphatic imine (C=N–C) groups is 1. The first-order chi connectivity index (χ1) is 4.57. The quantitative estimate of drug-likeness (QED) is 0.362. The molecule has 0 fully saturated rings. The van der Waals surface area contributed by atoms with Crippen molar-refractivity contribution >= 4 is 5.96 Å². The van der Waals surface area contributed by atoms with Crippen molar-refractivity contribution in [2.24, 2.45) is 22.4 Å². The van der Waals surface area contributed by atoms with E-state index in [9.17, 15) is 0 Å². The summed E-state index contributed by atoms with van der Waals surface area (Å²) in [7, 11) is 0. The van der Waals surface area contributed by atoms with E-state index in [1.165, 1.54) is 0 Å². The summed E-state index contributed by atoms with van der Waals surface area (Å²) in [5.41, 5.74) is 10.3. The Labute approximate surface area is 60.9 Å². The van der Waals surface area contributed by atoms with Gasteiger partial charge in [0.2, 0.25) is 0 Å². The molecular weight excluding hydrogens is 130 g/mol. The third kappa shape index (κ3) is 3.29. The second-order valence-corrected chi connectivity index (χ2v) is 2.45. The molecule has 0 bridgehead atoms. The van der Waals surface area contributed by atoms with E-state index in [1.807, 2.05) is 13.8 Å². The molecule has 4 heteroatoms. The maximum Gasteiger partial charge on any atom is 0.186 e. The van der Waals surface area contributed by atoms with Gasteiger partial charge in [-0.05, 0) is 6.92 Å². The lowest BCUT2D eigenvalue weighted by molar-refractivity contribution is 0.222. The molecule has 2 atom stereocenters. The van der Waals surface area contributed by atoms with Crippen LogP contribution in [0.25, 0.3) is 0 Å². The van der Waals surface area contributed by atoms with Crippen molar-refractivity contribution in [3.05, 3.63) is 0 Å². The van der Waals surface area contributed by atoms with Crippen LogP contribution >= 0.6 is 0 Å². The summed E-state index contributed by atoms with van der Waals surface area (Å²) in [6.45, 7) is 3.86. The second-order valence-electron chi connectivity index (χ2n) is 2.45. The molecule has 5 N–H and O–H groups in total. The first kappa shape index (κ1) is 9.23. The van der Waals surface area contributed by atoms with Gasteiger partial charge < -0.3 is 16.6 Å². The van der Waals surface area contributed by atoms with Crippen LogP contribution in [0.4, 0.5) is 0 Å². The Morgan fingerprint density at radius 1 is 1.50 bits per heavy atom. The molecule has 60 valence electrons. The molecule has 0 rings (SSSR count). The van der Waals surface area contributed by atoms with Crippen molar-refractivity contribution in [2.75, 3.05) is 6.61 Å². The number of rotatable bonds is 3. The highest BCUT2D eigenvalue weighted by Gasteiger charge is 2.08. The molecule has 0 saturated heterocycles. The van der Waals surface area contributed by atoms with Gasteiger partial charge in [0, 0.05) is 12.5 Å². The number of nitrogens with zero attached hydrogens (tertiary/aromatic N) is 1. The van der Waals surface area contributed by atoms with Crippen LogP contribution in [0.3, 0.4) is 0 Å². The summed E-state index contributed by atoms with van der Waals surface area (Å²) in [6.07, 6.45) is 0. The van der Waals surface area contributed by atoms with Crippen LogP contribution in [0.5, 0.6) is 0 Å². The van der Waals surface area contributed by atoms with Gasteiger partial charge in [0.05, 0.1) is 6.04 Å². The number of aliphatic hydroxyl groups excluding tert-OH is 1. The summed E-state index contributed by atoms with van der Waals surface area (Å²) < 4.78 is 0. The van der Waals surface area contributed by atoms with Crippen LogP contribution < -0.4 is 11.5 Å². The minimum absolute atomic E-state index is 0.00463. The maximum atomic E-state index is 8.67. The van der Waals surface area contributed by atoms with Gasteiger partial charge in [-0.15, -0.1) is 0 Å². The zero-order chi connectivity index (χ0) is 8.15. The lowest BCUT2D eigenvalue weighted by Gasteiger charge is -2.12. The average molecular weight is 145 g/mol. The molecule has 0 aliphatic carbocycles. The average Bonchev–Trinajstić information content (AvgIpc) is 1.85. The molecule has 0 aliphatic rings. The zero-order valence-electron chi connectivity index (χ0n) is 6.41. The minimum atomic E-state index is -0.00463. The molecule has 0 aromatic heterocycles. The Hall–Kier alpha value is -0.770. The predicted octanol–water partition coefficient (Wildman–Crippen LogP) is -0.723. The molecule has 0 saturated carbocycles. The fourth-order valence-corrected chi connectivity index (χ4v) is 0.515. The molecule has 0 aliphatic heterocycles. The van der Waals surface area contributed by atoms with E-state index in [4.69, 9.17) is 16.6 Å². The standard InChI is InChI=1S/C6H15N3O/c1-4(3-10)5(2)9-6(7)8/h4-5,10H,3H2,1-2H3,(H4,7,8,9). The number of aliphatic hydroxyl groups is 1. The zero-order valence-corrected chi connectivity index (χ0v) is 6.41. The van der Waals surface area contributed by atoms with Crippen molar-refractivity contribution in [1.82, 2.24) is 0 Å². The Kier molecular flexibility index (Phi) is 3.79. The van der Waals surface area contributed by atoms with Gasteiger partial charge in [-0.2, -0.15) is 0 Å². The van der Waals surface area contributed by atoms with Crippen molar-refractivity contribution in [3.8, 4) is 0 Å². The van der Waals surface area contributed by atoms with E-state index in [2.05, 4.69) is 4.99 Å². The largest absolute Gasteiger partial charge is 0.396 e. The molecular formula is C6H15N3O. The molecule has 0 spiro atoms. The summed E-state index contributed by atoms with van der Waals surface area (Å²) in [6, 6.07) is -0.00463. The molecule has 0 radical (unpaired) electrons. The highest BCUT2D eigenvalue weighted by molar-refractivity contribution is 5.75. The van der Waals surface area contributed by atoms with Gasteiger partial charge in [-0.3, -0.25) is 4.99 Å². The number of hydrogen-bond donors (Lipinski definition) is 3. The van der Waals surface area contributed by atoms with Gasteiger partial charge in [0.15, 0.2) is 5.96 Å². The Morgan fingerprint density at radius 2 is 2.00 bits per heavy atom. The van der Waals surface area contributed by atoms with Gasteiger partial charge in [0.1, 0.15) is 0 Å². The monoisotopic (exact) mass is 145 g/mol. The number of guanidine groups is 1. The van der Waals surface area contributed by atoms with E-state index < -0.39 is 0 Å². The molecule has 4 nitrogen and oxygen atoms in total. The first-order valence-corrected chi connectivity index (χ1v) is 3.27. The lowest BCUT2D eigenvalue weighted by Crippen LogP contribution is -2.27. The smallest absolute Gasteiger partial charge is 0.186 e. The number of hydrogen-bond acceptors (Lipinski definition) is 2. The van der Waals surface area contributed by atoms with E-state index >= 15 is 0 Å². The van der Waals surface area contributed by atoms with Gasteiger partial charge in [-0.25, -0.2) is 0 Å². The van der Waals surface area contributed by atoms with Gasteiger partial charge >= 0.3 is 0 Å². The topological polar surface area (TPSA) is 84.6 Å². The van der Waals surface area contributed by atoms with E-state index in [1.54, 1.807) is 0 Å². The molecule has 0 heterocycles. The molecule has 2 unspecified atom stereocenters. The summed E-state index contributed by atoms with van der Waals surface area (Å²) in [5.74, 6) is 0.190. The van der Waals surface area contributed by atoms with Crippen LogP contribution in [0.1, 0.15) is 13.8 Å². The Bertz CT molecular complexity index is 120. The summed E-state index contributed by atoms with van der Waals surface area (Å²) in [5, 5.41) is 8.67. The van der Waals surface area contributed by atoms with Crippen molar-refractivity contribution in [1.29, 1.82) is 0 Å². The van der Waals surface area contributed by atoms with Crippen molar-refractivity contribution < 1.29 is 5.11 Å². The third-order valence-corrected chi connectivity index (χ3v) is 1.46. The third-order valence-electron chi connectivity index (χ3n) is 1.46. The highest BCUT2D eigenvalue weighted by atomic mass is 16.3. The van der Waals surface area contributed by atoms with Gasteiger partial charge in [-0.1, -0.05) is 6.92 Å². The Morgan fingerprint density at radius 3 is 2.30 bits per heavy atom. The van der Waals surface area contributed by atoms with Crippen LogP contribution in [0.2, 0.25) is 0 Å². The lowest BCUT2D eigenvalue weighted by atomic mass is 10.1. The second kappa shape index (κ2) is 4.11.